The van der Waals surface area contributed by atoms with Crippen molar-refractivity contribution in [1.29, 1.82) is 5.26 Å². The number of sulfone groups is 1. The quantitative estimate of drug-likeness (QED) is 0.486. The SMILES string of the molecule is Cc1c(C#N)c2nc3ccccc3n2c(=O)c1=CNc1ccc(S(=O)(=O)CCO)cc1. The van der Waals surface area contributed by atoms with E-state index in [9.17, 15) is 18.5 Å². The Kier molecular flexibility index (Phi) is 5.19. The van der Waals surface area contributed by atoms with E-state index in [0.29, 0.717) is 38.7 Å². The van der Waals surface area contributed by atoms with Crippen molar-refractivity contribution in [3.8, 4) is 6.07 Å². The smallest absolute Gasteiger partial charge is 0.265 e. The highest BCUT2D eigenvalue weighted by molar-refractivity contribution is 7.91. The summed E-state index contributed by atoms with van der Waals surface area (Å²) in [6.07, 6.45) is 1.50. The van der Waals surface area contributed by atoms with Crippen LogP contribution in [0.1, 0.15) is 11.1 Å². The first-order valence-corrected chi connectivity index (χ1v) is 11.1. The average Bonchev–Trinajstić information content (AvgIpc) is 3.13. The van der Waals surface area contributed by atoms with Crippen LogP contribution in [0.2, 0.25) is 0 Å². The number of imidazole rings is 1. The maximum Gasteiger partial charge on any atom is 0.265 e. The molecule has 0 radical (unpaired) electrons. The molecule has 0 saturated heterocycles. The van der Waals surface area contributed by atoms with Crippen molar-refractivity contribution in [1.82, 2.24) is 9.38 Å². The number of nitriles is 1. The molecule has 0 spiro atoms. The third-order valence-corrected chi connectivity index (χ3v) is 6.78. The minimum Gasteiger partial charge on any atom is -0.395 e. The standard InChI is InChI=1S/C22H18N4O4S/c1-14-17(12-23)21-25-19-4-2-3-5-20(19)26(21)22(28)18(14)13-24-15-6-8-16(9-7-15)31(29,30)11-10-27/h2-9,13,24,27H,10-11H2,1H3. The van der Waals surface area contributed by atoms with Crippen LogP contribution in [0.3, 0.4) is 0 Å². The minimum absolute atomic E-state index is 0.103. The number of rotatable bonds is 5. The van der Waals surface area contributed by atoms with Crippen LogP contribution < -0.4 is 16.1 Å². The van der Waals surface area contributed by atoms with Gasteiger partial charge in [-0.2, -0.15) is 5.26 Å². The molecule has 2 heterocycles. The molecule has 0 unspecified atom stereocenters. The lowest BCUT2D eigenvalue weighted by atomic mass is 10.1. The summed E-state index contributed by atoms with van der Waals surface area (Å²) in [5, 5.41) is 21.9. The van der Waals surface area contributed by atoms with E-state index < -0.39 is 16.4 Å². The molecule has 9 heteroatoms. The fourth-order valence-electron chi connectivity index (χ4n) is 3.44. The zero-order valence-corrected chi connectivity index (χ0v) is 17.3. The first-order valence-electron chi connectivity index (χ1n) is 9.41. The molecule has 2 aromatic heterocycles. The van der Waals surface area contributed by atoms with Crippen molar-refractivity contribution < 1.29 is 13.5 Å². The zero-order chi connectivity index (χ0) is 22.2. The molecule has 2 N–H and O–H groups in total. The molecule has 0 atom stereocenters. The first kappa shape index (κ1) is 20.5. The van der Waals surface area contributed by atoms with Gasteiger partial charge in [0.25, 0.3) is 5.56 Å². The molecule has 2 aromatic carbocycles. The molecule has 4 rings (SSSR count). The first-order chi connectivity index (χ1) is 14.9. The lowest BCUT2D eigenvalue weighted by Gasteiger charge is -2.06. The highest BCUT2D eigenvalue weighted by Crippen LogP contribution is 2.18. The monoisotopic (exact) mass is 434 g/mol. The highest BCUT2D eigenvalue weighted by Gasteiger charge is 2.16. The summed E-state index contributed by atoms with van der Waals surface area (Å²) in [7, 11) is -3.54. The van der Waals surface area contributed by atoms with Gasteiger partial charge in [0.1, 0.15) is 6.07 Å². The third kappa shape index (κ3) is 3.52. The summed E-state index contributed by atoms with van der Waals surface area (Å²) >= 11 is 0. The van der Waals surface area contributed by atoms with Crippen molar-refractivity contribution in [2.45, 2.75) is 11.8 Å². The lowest BCUT2D eigenvalue weighted by Crippen LogP contribution is -2.34. The Balaban J connectivity index is 1.82. The summed E-state index contributed by atoms with van der Waals surface area (Å²) in [6, 6.07) is 15.3. The molecular weight excluding hydrogens is 416 g/mol. The molecule has 0 fully saturated rings. The molecule has 0 amide bonds. The molecular formula is C22H18N4O4S. The lowest BCUT2D eigenvalue weighted by molar-refractivity contribution is 0.319. The van der Waals surface area contributed by atoms with Gasteiger partial charge in [-0.3, -0.25) is 9.20 Å². The summed E-state index contributed by atoms with van der Waals surface area (Å²) in [5.74, 6) is -0.347. The van der Waals surface area contributed by atoms with Crippen molar-refractivity contribution in [3.05, 3.63) is 75.2 Å². The predicted octanol–water partition coefficient (Wildman–Crippen LogP) is 1.36. The summed E-state index contributed by atoms with van der Waals surface area (Å²) < 4.78 is 25.5. The van der Waals surface area contributed by atoms with Gasteiger partial charge in [-0.25, -0.2) is 13.4 Å². The number of fused-ring (bicyclic) bond motifs is 3. The van der Waals surface area contributed by atoms with Gasteiger partial charge >= 0.3 is 0 Å². The van der Waals surface area contributed by atoms with Crippen molar-refractivity contribution in [2.24, 2.45) is 0 Å². The van der Waals surface area contributed by atoms with Gasteiger partial charge in [0.05, 0.1) is 39.1 Å². The summed E-state index contributed by atoms with van der Waals surface area (Å²) in [5.41, 5.74) is 2.64. The number of para-hydroxylation sites is 2. The van der Waals surface area contributed by atoms with Gasteiger partial charge in [-0.15, -0.1) is 0 Å². The normalized spacial score (nSPS) is 12.4. The van der Waals surface area contributed by atoms with Crippen LogP contribution in [-0.4, -0.2) is 35.3 Å². The Morgan fingerprint density at radius 2 is 1.90 bits per heavy atom. The van der Waals surface area contributed by atoms with Crippen LogP contribution in [0.15, 0.2) is 58.2 Å². The summed E-state index contributed by atoms with van der Waals surface area (Å²) in [6.45, 7) is 1.24. The number of aliphatic hydroxyl groups is 1. The molecule has 0 saturated carbocycles. The zero-order valence-electron chi connectivity index (χ0n) is 16.5. The molecule has 0 aliphatic carbocycles. The molecule has 0 aliphatic heterocycles. The van der Waals surface area contributed by atoms with Gasteiger partial charge in [0, 0.05) is 11.9 Å². The van der Waals surface area contributed by atoms with Gasteiger partial charge in [-0.05, 0) is 48.9 Å². The fraction of sp³-hybridized carbons (Fsp3) is 0.136. The van der Waals surface area contributed by atoms with Crippen LogP contribution in [0, 0.1) is 18.3 Å². The number of nitrogens with zero attached hydrogens (tertiary/aromatic N) is 3. The van der Waals surface area contributed by atoms with Crippen LogP contribution in [0.4, 0.5) is 5.69 Å². The molecule has 8 nitrogen and oxygen atoms in total. The minimum atomic E-state index is -3.54. The largest absolute Gasteiger partial charge is 0.395 e. The molecule has 0 bridgehead atoms. The van der Waals surface area contributed by atoms with E-state index >= 15 is 0 Å². The second-order valence-electron chi connectivity index (χ2n) is 6.95. The third-order valence-electron chi connectivity index (χ3n) is 5.07. The number of hydrogen-bond donors (Lipinski definition) is 2. The number of nitrogens with one attached hydrogen (secondary N) is 1. The van der Waals surface area contributed by atoms with E-state index in [1.807, 2.05) is 6.07 Å². The van der Waals surface area contributed by atoms with E-state index in [2.05, 4.69) is 16.4 Å². The number of aliphatic hydroxyl groups excluding tert-OH is 1. The van der Waals surface area contributed by atoms with E-state index in [1.165, 1.54) is 22.7 Å². The van der Waals surface area contributed by atoms with Gasteiger partial charge in [0.2, 0.25) is 0 Å². The van der Waals surface area contributed by atoms with Gasteiger partial charge < -0.3 is 10.4 Å². The van der Waals surface area contributed by atoms with Crippen molar-refractivity contribution in [2.75, 3.05) is 17.7 Å². The summed E-state index contributed by atoms with van der Waals surface area (Å²) in [4.78, 5) is 17.8. The Labute approximate surface area is 177 Å². The van der Waals surface area contributed by atoms with Gasteiger partial charge in [0.15, 0.2) is 15.5 Å². The number of pyridine rings is 1. The molecule has 156 valence electrons. The van der Waals surface area contributed by atoms with Crippen molar-refractivity contribution >= 4 is 38.4 Å². The molecule has 4 aromatic rings. The Bertz CT molecular complexity index is 1570. The Hall–Kier alpha value is -3.74. The highest BCUT2D eigenvalue weighted by atomic mass is 32.2. The Morgan fingerprint density at radius 1 is 1.19 bits per heavy atom. The van der Waals surface area contributed by atoms with E-state index in [0.717, 1.165) is 0 Å². The van der Waals surface area contributed by atoms with Crippen molar-refractivity contribution in [3.63, 3.8) is 0 Å². The van der Waals surface area contributed by atoms with E-state index in [1.54, 1.807) is 37.3 Å². The second-order valence-corrected chi connectivity index (χ2v) is 9.05. The molecule has 31 heavy (non-hydrogen) atoms. The van der Waals surface area contributed by atoms with Crippen LogP contribution in [-0.2, 0) is 9.84 Å². The van der Waals surface area contributed by atoms with E-state index in [4.69, 9.17) is 5.11 Å². The van der Waals surface area contributed by atoms with Crippen LogP contribution in [0.25, 0.3) is 22.9 Å². The van der Waals surface area contributed by atoms with Crippen LogP contribution in [0.5, 0.6) is 0 Å². The fourth-order valence-corrected chi connectivity index (χ4v) is 4.47. The number of hydrogen-bond acceptors (Lipinski definition) is 7. The second kappa shape index (κ2) is 7.83. The predicted molar refractivity (Wildman–Crippen MR) is 117 cm³/mol. The number of anilines is 1. The topological polar surface area (TPSA) is 125 Å². The van der Waals surface area contributed by atoms with Gasteiger partial charge in [-0.1, -0.05) is 12.1 Å². The van der Waals surface area contributed by atoms with E-state index in [-0.39, 0.29) is 16.2 Å². The van der Waals surface area contributed by atoms with Crippen LogP contribution >= 0.6 is 0 Å². The Morgan fingerprint density at radius 3 is 2.58 bits per heavy atom. The number of benzene rings is 2. The maximum atomic E-state index is 13.2. The average molecular weight is 434 g/mol. The molecule has 0 aliphatic rings. The number of aromatic nitrogens is 2. The maximum absolute atomic E-state index is 13.2.